The predicted molar refractivity (Wildman–Crippen MR) is 54.6 cm³/mol. The van der Waals surface area contributed by atoms with Crippen LogP contribution in [-0.2, 0) is 9.53 Å². The molecule has 0 saturated heterocycles. The Bertz CT molecular complexity index is 509. The van der Waals surface area contributed by atoms with Gasteiger partial charge < -0.3 is 19.9 Å². The SMILES string of the molecule is CC(N)C(=O)OC(=O)c1cc2occc2[nH]1. The molecule has 0 aromatic carbocycles. The van der Waals surface area contributed by atoms with Gasteiger partial charge in [-0.3, -0.25) is 0 Å². The van der Waals surface area contributed by atoms with Crippen LogP contribution in [-0.4, -0.2) is 23.0 Å². The first kappa shape index (κ1) is 10.4. The number of fused-ring (bicyclic) bond motifs is 1. The van der Waals surface area contributed by atoms with E-state index in [0.717, 1.165) is 0 Å². The molecule has 2 aromatic heterocycles. The first-order valence-electron chi connectivity index (χ1n) is 4.66. The van der Waals surface area contributed by atoms with Crippen LogP contribution in [0.5, 0.6) is 0 Å². The van der Waals surface area contributed by atoms with Crippen LogP contribution < -0.4 is 5.73 Å². The maximum absolute atomic E-state index is 11.5. The Hall–Kier alpha value is -2.08. The van der Waals surface area contributed by atoms with Crippen molar-refractivity contribution in [2.24, 2.45) is 5.73 Å². The second-order valence-electron chi connectivity index (χ2n) is 3.38. The van der Waals surface area contributed by atoms with Crippen molar-refractivity contribution in [1.29, 1.82) is 0 Å². The summed E-state index contributed by atoms with van der Waals surface area (Å²) in [6, 6.07) is 2.30. The third-order valence-corrected chi connectivity index (χ3v) is 2.02. The quantitative estimate of drug-likeness (QED) is 0.578. The van der Waals surface area contributed by atoms with Crippen molar-refractivity contribution in [2.75, 3.05) is 0 Å². The summed E-state index contributed by atoms with van der Waals surface area (Å²) in [5, 5.41) is 0. The van der Waals surface area contributed by atoms with Gasteiger partial charge in [-0.1, -0.05) is 0 Å². The Balaban J connectivity index is 2.16. The van der Waals surface area contributed by atoms with Gasteiger partial charge in [-0.2, -0.15) is 0 Å². The Morgan fingerprint density at radius 2 is 2.31 bits per heavy atom. The summed E-state index contributed by atoms with van der Waals surface area (Å²) in [6.07, 6.45) is 1.49. The molecule has 0 aliphatic heterocycles. The summed E-state index contributed by atoms with van der Waals surface area (Å²) in [5.41, 5.74) is 6.61. The monoisotopic (exact) mass is 222 g/mol. The zero-order valence-corrected chi connectivity index (χ0v) is 8.52. The lowest BCUT2D eigenvalue weighted by atomic mass is 10.4. The molecule has 2 heterocycles. The number of carbonyl (C=O) groups is 2. The van der Waals surface area contributed by atoms with Crippen LogP contribution in [0.4, 0.5) is 0 Å². The fourth-order valence-corrected chi connectivity index (χ4v) is 1.20. The van der Waals surface area contributed by atoms with E-state index in [-0.39, 0.29) is 5.69 Å². The molecule has 0 spiro atoms. The largest absolute Gasteiger partial charge is 0.463 e. The van der Waals surface area contributed by atoms with E-state index < -0.39 is 18.0 Å². The lowest BCUT2D eigenvalue weighted by Gasteiger charge is -2.03. The van der Waals surface area contributed by atoms with Crippen molar-refractivity contribution in [1.82, 2.24) is 4.98 Å². The van der Waals surface area contributed by atoms with E-state index >= 15 is 0 Å². The van der Waals surface area contributed by atoms with Crippen molar-refractivity contribution in [3.63, 3.8) is 0 Å². The van der Waals surface area contributed by atoms with Gasteiger partial charge in [0.1, 0.15) is 11.7 Å². The van der Waals surface area contributed by atoms with Crippen LogP contribution in [0.1, 0.15) is 17.4 Å². The number of H-pyrrole nitrogens is 1. The van der Waals surface area contributed by atoms with Gasteiger partial charge in [-0.25, -0.2) is 9.59 Å². The van der Waals surface area contributed by atoms with Gasteiger partial charge >= 0.3 is 11.9 Å². The first-order valence-corrected chi connectivity index (χ1v) is 4.66. The normalized spacial score (nSPS) is 12.6. The molecule has 0 aliphatic rings. The molecule has 0 fully saturated rings. The Morgan fingerprint density at radius 3 is 2.94 bits per heavy atom. The predicted octanol–water partition coefficient (Wildman–Crippen LogP) is 0.792. The molecule has 6 nitrogen and oxygen atoms in total. The average Bonchev–Trinajstić information content (AvgIpc) is 2.75. The lowest BCUT2D eigenvalue weighted by molar-refractivity contribution is -0.139. The summed E-state index contributed by atoms with van der Waals surface area (Å²) in [7, 11) is 0. The van der Waals surface area contributed by atoms with Gasteiger partial charge in [0.15, 0.2) is 5.58 Å². The van der Waals surface area contributed by atoms with Gasteiger partial charge in [-0.05, 0) is 6.92 Å². The number of hydrogen-bond donors (Lipinski definition) is 2. The van der Waals surface area contributed by atoms with E-state index in [9.17, 15) is 9.59 Å². The number of ether oxygens (including phenoxy) is 1. The number of furan rings is 1. The van der Waals surface area contributed by atoms with Gasteiger partial charge in [0, 0.05) is 12.1 Å². The minimum Gasteiger partial charge on any atom is -0.463 e. The third-order valence-electron chi connectivity index (χ3n) is 2.02. The Kier molecular flexibility index (Phi) is 2.49. The number of nitrogens with two attached hydrogens (primary N) is 1. The van der Waals surface area contributed by atoms with E-state index in [2.05, 4.69) is 9.72 Å². The standard InChI is InChI=1S/C10H10N2O4/c1-5(11)9(13)16-10(14)7-4-8-6(12-7)2-3-15-8/h2-5,12H,11H2,1H3. The van der Waals surface area contributed by atoms with Crippen LogP contribution in [0, 0.1) is 0 Å². The number of aromatic nitrogens is 1. The average molecular weight is 222 g/mol. The smallest absolute Gasteiger partial charge is 0.362 e. The number of rotatable bonds is 2. The molecular weight excluding hydrogens is 212 g/mol. The maximum atomic E-state index is 11.5. The molecule has 0 bridgehead atoms. The molecule has 2 aromatic rings. The van der Waals surface area contributed by atoms with E-state index in [0.29, 0.717) is 11.1 Å². The van der Waals surface area contributed by atoms with Gasteiger partial charge in [0.25, 0.3) is 0 Å². The van der Waals surface area contributed by atoms with E-state index in [1.165, 1.54) is 19.3 Å². The summed E-state index contributed by atoms with van der Waals surface area (Å²) < 4.78 is 9.57. The summed E-state index contributed by atoms with van der Waals surface area (Å²) in [6.45, 7) is 1.44. The van der Waals surface area contributed by atoms with E-state index in [1.54, 1.807) is 6.07 Å². The molecule has 16 heavy (non-hydrogen) atoms. The molecular formula is C10H10N2O4. The first-order chi connectivity index (χ1) is 7.58. The van der Waals surface area contributed by atoms with Crippen LogP contribution in [0.25, 0.3) is 11.1 Å². The highest BCUT2D eigenvalue weighted by Gasteiger charge is 2.18. The Morgan fingerprint density at radius 1 is 1.56 bits per heavy atom. The minimum absolute atomic E-state index is 0.156. The van der Waals surface area contributed by atoms with Crippen molar-refractivity contribution in [2.45, 2.75) is 13.0 Å². The van der Waals surface area contributed by atoms with Gasteiger partial charge in [-0.15, -0.1) is 0 Å². The lowest BCUT2D eigenvalue weighted by Crippen LogP contribution is -2.30. The molecule has 84 valence electrons. The van der Waals surface area contributed by atoms with Crippen molar-refractivity contribution in [3.05, 3.63) is 24.1 Å². The Labute approximate surface area is 90.4 Å². The van der Waals surface area contributed by atoms with Crippen molar-refractivity contribution < 1.29 is 18.7 Å². The highest BCUT2D eigenvalue weighted by Crippen LogP contribution is 2.16. The molecule has 1 atom stereocenters. The second kappa shape index (κ2) is 3.82. The molecule has 0 saturated carbocycles. The zero-order chi connectivity index (χ0) is 11.7. The molecule has 6 heteroatoms. The van der Waals surface area contributed by atoms with Gasteiger partial charge in [0.05, 0.1) is 11.8 Å². The van der Waals surface area contributed by atoms with Crippen molar-refractivity contribution in [3.8, 4) is 0 Å². The number of hydrogen-bond acceptors (Lipinski definition) is 5. The minimum atomic E-state index is -0.832. The van der Waals surface area contributed by atoms with Crippen LogP contribution in [0.3, 0.4) is 0 Å². The van der Waals surface area contributed by atoms with Crippen LogP contribution >= 0.6 is 0 Å². The maximum Gasteiger partial charge on any atom is 0.362 e. The van der Waals surface area contributed by atoms with Crippen LogP contribution in [0.2, 0.25) is 0 Å². The number of carbonyl (C=O) groups excluding carboxylic acids is 2. The van der Waals surface area contributed by atoms with Crippen molar-refractivity contribution >= 4 is 23.0 Å². The summed E-state index contributed by atoms with van der Waals surface area (Å²) >= 11 is 0. The zero-order valence-electron chi connectivity index (χ0n) is 8.52. The third kappa shape index (κ3) is 1.82. The van der Waals surface area contributed by atoms with E-state index in [1.807, 2.05) is 0 Å². The molecule has 0 aliphatic carbocycles. The fraction of sp³-hybridized carbons (Fsp3) is 0.200. The summed E-state index contributed by atoms with van der Waals surface area (Å²) in [5.74, 6) is -1.54. The second-order valence-corrected chi connectivity index (χ2v) is 3.38. The highest BCUT2D eigenvalue weighted by molar-refractivity contribution is 5.99. The molecule has 2 rings (SSSR count). The number of aromatic amines is 1. The van der Waals surface area contributed by atoms with Crippen LogP contribution in [0.15, 0.2) is 22.8 Å². The van der Waals surface area contributed by atoms with E-state index in [4.69, 9.17) is 10.2 Å². The highest BCUT2D eigenvalue weighted by atomic mass is 16.6. The number of nitrogens with one attached hydrogen (secondary N) is 1. The molecule has 3 N–H and O–H groups in total. The number of esters is 2. The summed E-state index contributed by atoms with van der Waals surface area (Å²) in [4.78, 5) is 25.3. The molecule has 0 radical (unpaired) electrons. The topological polar surface area (TPSA) is 98.3 Å². The van der Waals surface area contributed by atoms with Gasteiger partial charge in [0.2, 0.25) is 0 Å². The molecule has 1 unspecified atom stereocenters. The molecule has 0 amide bonds. The fourth-order valence-electron chi connectivity index (χ4n) is 1.20.